The normalized spacial score (nSPS) is 25.4. The Kier molecular flexibility index (Phi) is 3.11. The van der Waals surface area contributed by atoms with Crippen LogP contribution in [0.5, 0.6) is 0 Å². The number of nitrogens with zero attached hydrogens (tertiary/aromatic N) is 2. The van der Waals surface area contributed by atoms with Gasteiger partial charge < -0.3 is 9.80 Å². The highest BCUT2D eigenvalue weighted by Crippen LogP contribution is 2.23. The average molecular weight is 260 g/mol. The van der Waals surface area contributed by atoms with E-state index in [9.17, 15) is 18.0 Å². The summed E-state index contributed by atoms with van der Waals surface area (Å²) >= 11 is 0. The van der Waals surface area contributed by atoms with Crippen LogP contribution in [0.15, 0.2) is 0 Å². The van der Waals surface area contributed by atoms with Crippen LogP contribution in [0.3, 0.4) is 0 Å². The standard InChI is InChI=1S/C10H16N2O4S/c1-17(15,16)6-5-11-7-9(13)12-4-2-3-8(12)10(11)14/h8H,2-7H2,1H3. The molecule has 0 aromatic heterocycles. The number of fused-ring (bicyclic) bond motifs is 1. The smallest absolute Gasteiger partial charge is 0.245 e. The molecule has 2 aliphatic rings. The second kappa shape index (κ2) is 4.29. The van der Waals surface area contributed by atoms with E-state index < -0.39 is 9.84 Å². The number of hydrogen-bond donors (Lipinski definition) is 0. The second-order valence-electron chi connectivity index (χ2n) is 4.63. The van der Waals surface area contributed by atoms with Crippen molar-refractivity contribution in [1.29, 1.82) is 0 Å². The van der Waals surface area contributed by atoms with Crippen molar-refractivity contribution in [2.24, 2.45) is 0 Å². The molecule has 2 saturated heterocycles. The SMILES string of the molecule is CS(=O)(=O)CCN1CC(=O)N2CCCC2C1=O. The molecular formula is C10H16N2O4S. The first-order valence-corrected chi connectivity index (χ1v) is 7.70. The van der Waals surface area contributed by atoms with E-state index >= 15 is 0 Å². The maximum absolute atomic E-state index is 12.0. The summed E-state index contributed by atoms with van der Waals surface area (Å²) in [5.41, 5.74) is 0. The summed E-state index contributed by atoms with van der Waals surface area (Å²) in [5, 5.41) is 0. The predicted octanol–water partition coefficient (Wildman–Crippen LogP) is -1.14. The van der Waals surface area contributed by atoms with Crippen molar-refractivity contribution in [3.05, 3.63) is 0 Å². The summed E-state index contributed by atoms with van der Waals surface area (Å²) in [5.74, 6) is -0.259. The first kappa shape index (κ1) is 12.3. The maximum Gasteiger partial charge on any atom is 0.245 e. The molecule has 7 heteroatoms. The number of carbonyl (C=O) groups excluding carboxylic acids is 2. The minimum atomic E-state index is -3.11. The highest BCUT2D eigenvalue weighted by atomic mass is 32.2. The zero-order valence-electron chi connectivity index (χ0n) is 9.76. The van der Waals surface area contributed by atoms with Crippen LogP contribution in [0.25, 0.3) is 0 Å². The molecule has 2 fully saturated rings. The molecule has 2 aliphatic heterocycles. The topological polar surface area (TPSA) is 74.8 Å². The molecule has 2 heterocycles. The van der Waals surface area contributed by atoms with Crippen LogP contribution in [0.1, 0.15) is 12.8 Å². The molecule has 2 rings (SSSR count). The number of carbonyl (C=O) groups is 2. The molecule has 0 N–H and O–H groups in total. The zero-order chi connectivity index (χ0) is 12.6. The summed E-state index contributed by atoms with van der Waals surface area (Å²) in [6, 6.07) is -0.351. The Hall–Kier alpha value is -1.11. The van der Waals surface area contributed by atoms with Gasteiger partial charge in [0, 0.05) is 19.3 Å². The summed E-state index contributed by atoms with van der Waals surface area (Å²) in [6.07, 6.45) is 2.67. The molecule has 2 amide bonds. The van der Waals surface area contributed by atoms with E-state index in [1.54, 1.807) is 4.90 Å². The van der Waals surface area contributed by atoms with Crippen LogP contribution in [0.2, 0.25) is 0 Å². The Balaban J connectivity index is 2.04. The lowest BCUT2D eigenvalue weighted by atomic mass is 10.1. The van der Waals surface area contributed by atoms with Gasteiger partial charge in [0.05, 0.1) is 12.3 Å². The van der Waals surface area contributed by atoms with Crippen molar-refractivity contribution in [2.45, 2.75) is 18.9 Å². The highest BCUT2D eigenvalue weighted by Gasteiger charge is 2.41. The van der Waals surface area contributed by atoms with Crippen molar-refractivity contribution < 1.29 is 18.0 Å². The van der Waals surface area contributed by atoms with Crippen LogP contribution in [-0.2, 0) is 19.4 Å². The lowest BCUT2D eigenvalue weighted by Crippen LogP contribution is -2.58. The van der Waals surface area contributed by atoms with E-state index in [1.165, 1.54) is 4.90 Å². The molecule has 6 nitrogen and oxygen atoms in total. The monoisotopic (exact) mass is 260 g/mol. The Bertz CT molecular complexity index is 445. The van der Waals surface area contributed by atoms with Gasteiger partial charge in [-0.25, -0.2) is 8.42 Å². The molecule has 0 radical (unpaired) electrons. The van der Waals surface area contributed by atoms with Crippen molar-refractivity contribution >= 4 is 21.7 Å². The Morgan fingerprint density at radius 2 is 2.06 bits per heavy atom. The molecule has 0 aromatic carbocycles. The van der Waals surface area contributed by atoms with Gasteiger partial charge in [0.1, 0.15) is 15.9 Å². The van der Waals surface area contributed by atoms with Gasteiger partial charge in [0.15, 0.2) is 0 Å². The van der Waals surface area contributed by atoms with E-state index in [0.29, 0.717) is 13.0 Å². The van der Waals surface area contributed by atoms with E-state index in [-0.39, 0.29) is 36.7 Å². The molecule has 0 aromatic rings. The molecule has 1 atom stereocenters. The first-order valence-electron chi connectivity index (χ1n) is 5.64. The Morgan fingerprint density at radius 3 is 2.71 bits per heavy atom. The summed E-state index contributed by atoms with van der Waals surface area (Å²) in [7, 11) is -3.11. The fraction of sp³-hybridized carbons (Fsp3) is 0.800. The Labute approximate surface area is 100 Å². The minimum absolute atomic E-state index is 0.0187. The van der Waals surface area contributed by atoms with Crippen molar-refractivity contribution in [1.82, 2.24) is 9.80 Å². The van der Waals surface area contributed by atoms with E-state index in [2.05, 4.69) is 0 Å². The van der Waals surface area contributed by atoms with Crippen molar-refractivity contribution in [3.63, 3.8) is 0 Å². The molecule has 0 bridgehead atoms. The fourth-order valence-electron chi connectivity index (χ4n) is 2.33. The zero-order valence-corrected chi connectivity index (χ0v) is 10.6. The molecule has 0 spiro atoms. The van der Waals surface area contributed by atoms with E-state index in [0.717, 1.165) is 12.7 Å². The number of rotatable bonds is 3. The van der Waals surface area contributed by atoms with Crippen molar-refractivity contribution in [3.8, 4) is 0 Å². The van der Waals surface area contributed by atoms with Gasteiger partial charge in [-0.05, 0) is 12.8 Å². The number of hydrogen-bond acceptors (Lipinski definition) is 4. The number of sulfone groups is 1. The maximum atomic E-state index is 12.0. The number of amides is 2. The average Bonchev–Trinajstić information content (AvgIpc) is 2.69. The van der Waals surface area contributed by atoms with Gasteiger partial charge in [-0.3, -0.25) is 9.59 Å². The quantitative estimate of drug-likeness (QED) is 0.643. The largest absolute Gasteiger partial charge is 0.331 e. The van der Waals surface area contributed by atoms with E-state index in [1.807, 2.05) is 0 Å². The van der Waals surface area contributed by atoms with Crippen LogP contribution >= 0.6 is 0 Å². The van der Waals surface area contributed by atoms with Gasteiger partial charge in [-0.1, -0.05) is 0 Å². The molecule has 0 aliphatic carbocycles. The number of piperazine rings is 1. The summed E-state index contributed by atoms with van der Waals surface area (Å²) in [6.45, 7) is 0.785. The predicted molar refractivity (Wildman–Crippen MR) is 61.0 cm³/mol. The molecule has 1 unspecified atom stereocenters. The van der Waals surface area contributed by atoms with Gasteiger partial charge >= 0.3 is 0 Å². The molecular weight excluding hydrogens is 244 g/mol. The lowest BCUT2D eigenvalue weighted by molar-refractivity contribution is -0.153. The highest BCUT2D eigenvalue weighted by molar-refractivity contribution is 7.90. The van der Waals surface area contributed by atoms with E-state index in [4.69, 9.17) is 0 Å². The third-order valence-corrected chi connectivity index (χ3v) is 4.15. The molecule has 0 saturated carbocycles. The van der Waals surface area contributed by atoms with Gasteiger partial charge in [-0.2, -0.15) is 0 Å². The van der Waals surface area contributed by atoms with Crippen LogP contribution < -0.4 is 0 Å². The summed E-state index contributed by atoms with van der Waals surface area (Å²) < 4.78 is 22.1. The third-order valence-electron chi connectivity index (χ3n) is 3.23. The van der Waals surface area contributed by atoms with Crippen LogP contribution in [0, 0.1) is 0 Å². The fourth-order valence-corrected chi connectivity index (χ4v) is 2.88. The van der Waals surface area contributed by atoms with Gasteiger partial charge in [0.25, 0.3) is 0 Å². The van der Waals surface area contributed by atoms with Crippen LogP contribution in [0.4, 0.5) is 0 Å². The summed E-state index contributed by atoms with van der Waals surface area (Å²) in [4.78, 5) is 26.7. The van der Waals surface area contributed by atoms with Gasteiger partial charge in [-0.15, -0.1) is 0 Å². The van der Waals surface area contributed by atoms with Gasteiger partial charge in [0.2, 0.25) is 11.8 Å². The first-order chi connectivity index (χ1) is 7.88. The van der Waals surface area contributed by atoms with Crippen molar-refractivity contribution in [2.75, 3.05) is 31.6 Å². The van der Waals surface area contributed by atoms with Crippen LogP contribution in [-0.4, -0.2) is 67.7 Å². The lowest BCUT2D eigenvalue weighted by Gasteiger charge is -2.36. The molecule has 17 heavy (non-hydrogen) atoms. The second-order valence-corrected chi connectivity index (χ2v) is 6.89. The third kappa shape index (κ3) is 2.59. The Morgan fingerprint density at radius 1 is 1.35 bits per heavy atom. The molecule has 96 valence electrons. The minimum Gasteiger partial charge on any atom is -0.331 e.